The predicted octanol–water partition coefficient (Wildman–Crippen LogP) is 3.03. The molecule has 0 saturated carbocycles. The van der Waals surface area contributed by atoms with Crippen LogP contribution in [0.5, 0.6) is 5.75 Å². The number of hydrogen-bond acceptors (Lipinski definition) is 4. The number of carbonyl (C=O) groups is 1. The highest BCUT2D eigenvalue weighted by Crippen LogP contribution is 2.21. The molecule has 0 bridgehead atoms. The molecular weight excluding hydrogens is 421 g/mol. The molecule has 0 aliphatic carbocycles. The van der Waals surface area contributed by atoms with Crippen LogP contribution in [0.25, 0.3) is 0 Å². The van der Waals surface area contributed by atoms with Crippen molar-refractivity contribution in [1.29, 1.82) is 0 Å². The first-order chi connectivity index (χ1) is 11.1. The number of para-hydroxylation sites is 1. The van der Waals surface area contributed by atoms with Gasteiger partial charge >= 0.3 is 5.97 Å². The maximum atomic E-state index is 11.6. The summed E-state index contributed by atoms with van der Waals surface area (Å²) in [6.07, 6.45) is 0. The monoisotopic (exact) mass is 441 g/mol. The molecule has 0 amide bonds. The van der Waals surface area contributed by atoms with Gasteiger partial charge in [-0.05, 0) is 29.8 Å². The Morgan fingerprint density at radius 2 is 1.88 bits per heavy atom. The molecule has 2 aromatic rings. The number of methoxy groups -OCH3 is 2. The maximum absolute atomic E-state index is 11.6. The Morgan fingerprint density at radius 3 is 2.50 bits per heavy atom. The van der Waals surface area contributed by atoms with E-state index in [4.69, 9.17) is 15.2 Å². The number of halogens is 1. The lowest BCUT2D eigenvalue weighted by Gasteiger charge is -2.09. The number of hydrogen-bond donors (Lipinski definition) is 2. The van der Waals surface area contributed by atoms with Gasteiger partial charge in [-0.1, -0.05) is 24.3 Å². The van der Waals surface area contributed by atoms with Gasteiger partial charge in [0, 0.05) is 5.69 Å². The van der Waals surface area contributed by atoms with E-state index in [1.54, 1.807) is 18.2 Å². The van der Waals surface area contributed by atoms with Gasteiger partial charge in [0.15, 0.2) is 5.96 Å². The predicted molar refractivity (Wildman–Crippen MR) is 105 cm³/mol. The van der Waals surface area contributed by atoms with Gasteiger partial charge in [0.25, 0.3) is 0 Å². The highest BCUT2D eigenvalue weighted by atomic mass is 127. The Bertz CT molecular complexity index is 705. The highest BCUT2D eigenvalue weighted by molar-refractivity contribution is 14.0. The van der Waals surface area contributed by atoms with Crippen LogP contribution in [0.1, 0.15) is 15.9 Å². The lowest BCUT2D eigenvalue weighted by atomic mass is 10.1. The maximum Gasteiger partial charge on any atom is 0.341 e. The van der Waals surface area contributed by atoms with E-state index in [9.17, 15) is 4.79 Å². The number of aliphatic imine (C=N–C) groups is 1. The van der Waals surface area contributed by atoms with E-state index in [2.05, 4.69) is 10.3 Å². The van der Waals surface area contributed by atoms with Crippen molar-refractivity contribution in [3.05, 3.63) is 59.7 Å². The number of anilines is 1. The fourth-order valence-electron chi connectivity index (χ4n) is 2.00. The largest absolute Gasteiger partial charge is 0.496 e. The first-order valence-corrected chi connectivity index (χ1v) is 7.01. The van der Waals surface area contributed by atoms with Crippen molar-refractivity contribution in [2.75, 3.05) is 19.5 Å². The molecule has 0 aliphatic heterocycles. The van der Waals surface area contributed by atoms with Crippen LogP contribution in [0.4, 0.5) is 5.69 Å². The van der Waals surface area contributed by atoms with Crippen LogP contribution in [0.3, 0.4) is 0 Å². The molecule has 2 aromatic carbocycles. The van der Waals surface area contributed by atoms with Crippen LogP contribution in [0, 0.1) is 0 Å². The third-order valence-corrected chi connectivity index (χ3v) is 3.15. The summed E-state index contributed by atoms with van der Waals surface area (Å²) in [6, 6.07) is 14.7. The number of rotatable bonds is 5. The molecule has 0 saturated heterocycles. The Kier molecular flexibility index (Phi) is 8.03. The van der Waals surface area contributed by atoms with E-state index in [1.807, 2.05) is 30.3 Å². The van der Waals surface area contributed by atoms with E-state index in [1.165, 1.54) is 14.2 Å². The molecule has 0 aliphatic rings. The second-order valence-electron chi connectivity index (χ2n) is 4.72. The molecule has 7 heteroatoms. The summed E-state index contributed by atoms with van der Waals surface area (Å²) < 4.78 is 9.92. The van der Waals surface area contributed by atoms with Crippen LogP contribution in [0.2, 0.25) is 0 Å². The molecule has 6 nitrogen and oxygen atoms in total. The minimum Gasteiger partial charge on any atom is -0.496 e. The van der Waals surface area contributed by atoms with E-state index >= 15 is 0 Å². The van der Waals surface area contributed by atoms with Gasteiger partial charge in [0.05, 0.1) is 20.8 Å². The minimum atomic E-state index is -0.442. The molecular formula is C17H20IN3O3. The average Bonchev–Trinajstić information content (AvgIpc) is 2.60. The first kappa shape index (κ1) is 19.8. The molecule has 0 spiro atoms. The number of carbonyl (C=O) groups excluding carboxylic acids is 1. The molecule has 24 heavy (non-hydrogen) atoms. The molecule has 128 valence electrons. The van der Waals surface area contributed by atoms with Crippen LogP contribution in [0.15, 0.2) is 53.5 Å². The standard InChI is InChI=1S/C17H19N3O3.HI/c1-22-15-10-12(8-9-14(15)16(21)23-2)11-19-17(18)20-13-6-4-3-5-7-13;/h3-10H,11H2,1-2H3,(H3,18,19,20);1H. The average molecular weight is 441 g/mol. The fraction of sp³-hybridized carbons (Fsp3) is 0.176. The van der Waals surface area contributed by atoms with Crippen LogP contribution < -0.4 is 15.8 Å². The lowest BCUT2D eigenvalue weighted by Crippen LogP contribution is -2.22. The Labute approximate surface area is 158 Å². The SMILES string of the molecule is COC(=O)c1ccc(CN=C(N)Nc2ccccc2)cc1OC.I. The van der Waals surface area contributed by atoms with Crippen molar-refractivity contribution in [2.45, 2.75) is 6.54 Å². The van der Waals surface area contributed by atoms with E-state index in [0.29, 0.717) is 23.8 Å². The molecule has 0 fully saturated rings. The molecule has 0 aromatic heterocycles. The second kappa shape index (κ2) is 9.76. The van der Waals surface area contributed by atoms with Gasteiger partial charge in [0.2, 0.25) is 0 Å². The number of esters is 1. The summed E-state index contributed by atoms with van der Waals surface area (Å²) in [5.74, 6) is 0.313. The number of guanidine groups is 1. The number of nitrogens with one attached hydrogen (secondary N) is 1. The van der Waals surface area contributed by atoms with Gasteiger partial charge in [-0.3, -0.25) is 0 Å². The minimum absolute atomic E-state index is 0. The zero-order valence-corrected chi connectivity index (χ0v) is 15.8. The van der Waals surface area contributed by atoms with E-state index < -0.39 is 5.97 Å². The van der Waals surface area contributed by atoms with Crippen molar-refractivity contribution in [3.8, 4) is 5.75 Å². The lowest BCUT2D eigenvalue weighted by molar-refractivity contribution is 0.0597. The molecule has 0 radical (unpaired) electrons. The molecule has 0 heterocycles. The Balaban J connectivity index is 0.00000288. The summed E-state index contributed by atoms with van der Waals surface area (Å²) in [6.45, 7) is 0.365. The van der Waals surface area contributed by atoms with Gasteiger partial charge < -0.3 is 20.5 Å². The summed E-state index contributed by atoms with van der Waals surface area (Å²) in [5, 5.41) is 3.00. The molecule has 0 atom stereocenters. The number of nitrogens with two attached hydrogens (primary N) is 1. The zero-order valence-electron chi connectivity index (χ0n) is 13.5. The second-order valence-corrected chi connectivity index (χ2v) is 4.72. The van der Waals surface area contributed by atoms with E-state index in [0.717, 1.165) is 11.3 Å². The summed E-state index contributed by atoms with van der Waals surface area (Å²) >= 11 is 0. The highest BCUT2D eigenvalue weighted by Gasteiger charge is 2.12. The quantitative estimate of drug-likeness (QED) is 0.323. The third-order valence-electron chi connectivity index (χ3n) is 3.15. The smallest absolute Gasteiger partial charge is 0.341 e. The molecule has 0 unspecified atom stereocenters. The number of ether oxygens (including phenoxy) is 2. The van der Waals surface area contributed by atoms with Crippen molar-refractivity contribution in [1.82, 2.24) is 0 Å². The summed E-state index contributed by atoms with van der Waals surface area (Å²) in [5.41, 5.74) is 7.97. The fourth-order valence-corrected chi connectivity index (χ4v) is 2.00. The van der Waals surface area contributed by atoms with Crippen molar-refractivity contribution >= 4 is 41.6 Å². The third kappa shape index (κ3) is 5.41. The van der Waals surface area contributed by atoms with E-state index in [-0.39, 0.29) is 24.0 Å². The molecule has 3 N–H and O–H groups in total. The first-order valence-electron chi connectivity index (χ1n) is 7.01. The number of benzene rings is 2. The summed E-state index contributed by atoms with van der Waals surface area (Å²) in [7, 11) is 2.83. The summed E-state index contributed by atoms with van der Waals surface area (Å²) in [4.78, 5) is 15.9. The van der Waals surface area contributed by atoms with Crippen LogP contribution >= 0.6 is 24.0 Å². The van der Waals surface area contributed by atoms with Crippen molar-refractivity contribution in [3.63, 3.8) is 0 Å². The van der Waals surface area contributed by atoms with Gasteiger partial charge in [-0.15, -0.1) is 24.0 Å². The van der Waals surface area contributed by atoms with Crippen molar-refractivity contribution < 1.29 is 14.3 Å². The Morgan fingerprint density at radius 1 is 1.17 bits per heavy atom. The normalized spacial score (nSPS) is 10.5. The Hall–Kier alpha value is -2.29. The zero-order chi connectivity index (χ0) is 16.7. The van der Waals surface area contributed by atoms with Gasteiger partial charge in [0.1, 0.15) is 11.3 Å². The van der Waals surface area contributed by atoms with Crippen molar-refractivity contribution in [2.24, 2.45) is 10.7 Å². The van der Waals surface area contributed by atoms with Crippen LogP contribution in [-0.2, 0) is 11.3 Å². The van der Waals surface area contributed by atoms with Crippen LogP contribution in [-0.4, -0.2) is 26.1 Å². The topological polar surface area (TPSA) is 85.9 Å². The number of nitrogens with zero attached hydrogens (tertiary/aromatic N) is 1. The van der Waals surface area contributed by atoms with Gasteiger partial charge in [-0.2, -0.15) is 0 Å². The molecule has 2 rings (SSSR count). The van der Waals surface area contributed by atoms with Gasteiger partial charge in [-0.25, -0.2) is 9.79 Å².